The average Bonchev–Trinajstić information content (AvgIpc) is 2.54. The molecule has 18 heavy (non-hydrogen) atoms. The highest BCUT2D eigenvalue weighted by atomic mass is 16.8. The van der Waals surface area contributed by atoms with Crippen LogP contribution in [0, 0.1) is 5.92 Å². The minimum absolute atomic E-state index is 0.150. The third-order valence-corrected chi connectivity index (χ3v) is 3.09. The van der Waals surface area contributed by atoms with Crippen LogP contribution in [0.3, 0.4) is 0 Å². The topological polar surface area (TPSA) is 68.2 Å². The Kier molecular flexibility index (Phi) is 5.55. The first kappa shape index (κ1) is 15.9. The molecule has 0 aromatic heterocycles. The molecule has 2 N–H and O–H groups in total. The van der Waals surface area contributed by atoms with Crippen LogP contribution in [-0.4, -0.2) is 54.1 Å². The summed E-state index contributed by atoms with van der Waals surface area (Å²) in [7, 11) is 1.54. The van der Waals surface area contributed by atoms with Gasteiger partial charge in [-0.25, -0.2) is 0 Å². The number of rotatable bonds is 6. The van der Waals surface area contributed by atoms with Gasteiger partial charge in [-0.05, 0) is 26.2 Å². The van der Waals surface area contributed by atoms with E-state index in [-0.39, 0.29) is 6.61 Å². The fourth-order valence-corrected chi connectivity index (χ4v) is 2.41. The highest BCUT2D eigenvalue weighted by Gasteiger charge is 2.47. The Hall–Kier alpha value is -0.200. The lowest BCUT2D eigenvalue weighted by molar-refractivity contribution is -0.167. The van der Waals surface area contributed by atoms with Crippen LogP contribution in [0.25, 0.3) is 0 Å². The molecule has 5 nitrogen and oxygen atoms in total. The van der Waals surface area contributed by atoms with E-state index in [0.717, 1.165) is 0 Å². The first-order valence-electron chi connectivity index (χ1n) is 6.48. The van der Waals surface area contributed by atoms with Crippen LogP contribution in [0.2, 0.25) is 0 Å². The second-order valence-electron chi connectivity index (χ2n) is 5.72. The molecule has 4 atom stereocenters. The van der Waals surface area contributed by atoms with Gasteiger partial charge < -0.3 is 24.4 Å². The number of methoxy groups -OCH3 is 1. The molecule has 1 heterocycles. The van der Waals surface area contributed by atoms with Gasteiger partial charge in [-0.1, -0.05) is 13.8 Å². The van der Waals surface area contributed by atoms with E-state index in [0.29, 0.717) is 12.3 Å². The van der Waals surface area contributed by atoms with Gasteiger partial charge in [0.25, 0.3) is 0 Å². The predicted molar refractivity (Wildman–Crippen MR) is 67.2 cm³/mol. The van der Waals surface area contributed by atoms with E-state index in [2.05, 4.69) is 0 Å². The number of aliphatic hydroxyl groups is 2. The van der Waals surface area contributed by atoms with Crippen molar-refractivity contribution in [1.29, 1.82) is 0 Å². The van der Waals surface area contributed by atoms with Crippen molar-refractivity contribution in [2.75, 3.05) is 13.7 Å². The van der Waals surface area contributed by atoms with E-state index in [1.807, 2.05) is 13.8 Å². The van der Waals surface area contributed by atoms with Gasteiger partial charge in [-0.15, -0.1) is 0 Å². The minimum atomic E-state index is -0.758. The summed E-state index contributed by atoms with van der Waals surface area (Å²) in [5.74, 6) is -0.396. The summed E-state index contributed by atoms with van der Waals surface area (Å²) in [6.45, 7) is 7.50. The largest absolute Gasteiger partial charge is 0.394 e. The molecule has 1 rings (SSSR count). The molecular formula is C13H26O5. The summed E-state index contributed by atoms with van der Waals surface area (Å²) in [5, 5.41) is 19.5. The summed E-state index contributed by atoms with van der Waals surface area (Å²) < 4.78 is 16.7. The van der Waals surface area contributed by atoms with Gasteiger partial charge in [0.2, 0.25) is 0 Å². The van der Waals surface area contributed by atoms with Gasteiger partial charge in [0.1, 0.15) is 18.3 Å². The van der Waals surface area contributed by atoms with Crippen LogP contribution >= 0.6 is 0 Å². The highest BCUT2D eigenvalue weighted by molar-refractivity contribution is 4.90. The van der Waals surface area contributed by atoms with E-state index in [4.69, 9.17) is 14.2 Å². The first-order chi connectivity index (χ1) is 8.30. The third-order valence-electron chi connectivity index (χ3n) is 3.09. The van der Waals surface area contributed by atoms with Crippen molar-refractivity contribution < 1.29 is 24.4 Å². The van der Waals surface area contributed by atoms with Gasteiger partial charge in [0, 0.05) is 7.11 Å². The summed E-state index contributed by atoms with van der Waals surface area (Å²) in [6, 6.07) is 0. The second kappa shape index (κ2) is 6.30. The Bertz CT molecular complexity index is 254. The molecule has 1 aliphatic heterocycles. The van der Waals surface area contributed by atoms with E-state index < -0.39 is 30.2 Å². The number of ether oxygens (including phenoxy) is 3. The number of hydrogen-bond acceptors (Lipinski definition) is 5. The smallest absolute Gasteiger partial charge is 0.164 e. The molecule has 1 fully saturated rings. The molecule has 1 aliphatic rings. The van der Waals surface area contributed by atoms with Gasteiger partial charge in [0.15, 0.2) is 5.79 Å². The van der Waals surface area contributed by atoms with Crippen LogP contribution in [0.4, 0.5) is 0 Å². The monoisotopic (exact) mass is 262 g/mol. The Morgan fingerprint density at radius 1 is 1.28 bits per heavy atom. The molecule has 0 aliphatic carbocycles. The van der Waals surface area contributed by atoms with Crippen molar-refractivity contribution in [2.24, 2.45) is 5.92 Å². The zero-order valence-corrected chi connectivity index (χ0v) is 11.9. The van der Waals surface area contributed by atoms with Gasteiger partial charge in [0.05, 0.1) is 12.7 Å². The Morgan fingerprint density at radius 3 is 2.33 bits per heavy atom. The van der Waals surface area contributed by atoms with Crippen LogP contribution in [0.5, 0.6) is 0 Å². The number of hydrogen-bond donors (Lipinski definition) is 2. The predicted octanol–water partition coefficient (Wildman–Crippen LogP) is 0.921. The van der Waals surface area contributed by atoms with Crippen molar-refractivity contribution in [3.05, 3.63) is 0 Å². The quantitative estimate of drug-likeness (QED) is 0.745. The standard InChI is InChI=1S/C13H26O5/c1-8(2)6-9(15)11(16-5)12-10(7-14)17-13(3,4)18-12/h8-12,14-15H,6-7H2,1-5H3/t9?,10-,11-,12-/m0/s1. The Morgan fingerprint density at radius 2 is 1.89 bits per heavy atom. The maximum absolute atomic E-state index is 10.2. The van der Waals surface area contributed by atoms with Crippen LogP contribution in [-0.2, 0) is 14.2 Å². The molecule has 0 bridgehead atoms. The normalized spacial score (nSPS) is 30.7. The molecule has 0 aromatic rings. The zero-order valence-electron chi connectivity index (χ0n) is 11.9. The molecule has 5 heteroatoms. The molecule has 1 saturated heterocycles. The van der Waals surface area contributed by atoms with E-state index in [1.165, 1.54) is 7.11 Å². The lowest BCUT2D eigenvalue weighted by Crippen LogP contribution is -2.46. The summed E-state index contributed by atoms with van der Waals surface area (Å²) in [5.41, 5.74) is 0. The van der Waals surface area contributed by atoms with Crippen molar-refractivity contribution in [1.82, 2.24) is 0 Å². The van der Waals surface area contributed by atoms with Crippen LogP contribution in [0.15, 0.2) is 0 Å². The summed E-state index contributed by atoms with van der Waals surface area (Å²) in [6.07, 6.45) is -1.43. The molecule has 0 radical (unpaired) electrons. The zero-order chi connectivity index (χ0) is 13.9. The van der Waals surface area contributed by atoms with Crippen LogP contribution < -0.4 is 0 Å². The van der Waals surface area contributed by atoms with Crippen molar-refractivity contribution in [3.8, 4) is 0 Å². The molecule has 0 amide bonds. The molecular weight excluding hydrogens is 236 g/mol. The van der Waals surface area contributed by atoms with Gasteiger partial charge >= 0.3 is 0 Å². The van der Waals surface area contributed by atoms with Crippen molar-refractivity contribution in [3.63, 3.8) is 0 Å². The lowest BCUT2D eigenvalue weighted by Gasteiger charge is -2.29. The molecule has 1 unspecified atom stereocenters. The highest BCUT2D eigenvalue weighted by Crippen LogP contribution is 2.32. The molecule has 0 saturated carbocycles. The average molecular weight is 262 g/mol. The van der Waals surface area contributed by atoms with Crippen molar-refractivity contribution >= 4 is 0 Å². The Labute approximate surface area is 109 Å². The summed E-state index contributed by atoms with van der Waals surface area (Å²) >= 11 is 0. The maximum Gasteiger partial charge on any atom is 0.164 e. The SMILES string of the molecule is CO[C@@H](C(O)CC(C)C)[C@H]1OC(C)(C)O[C@H]1CO. The second-order valence-corrected chi connectivity index (χ2v) is 5.72. The molecule has 0 aromatic carbocycles. The fraction of sp³-hybridized carbons (Fsp3) is 1.00. The van der Waals surface area contributed by atoms with Crippen LogP contribution in [0.1, 0.15) is 34.1 Å². The fourth-order valence-electron chi connectivity index (χ4n) is 2.41. The van der Waals surface area contributed by atoms with Crippen molar-refractivity contribution in [2.45, 2.75) is 64.3 Å². The first-order valence-corrected chi connectivity index (χ1v) is 6.48. The maximum atomic E-state index is 10.2. The molecule has 0 spiro atoms. The summed E-state index contributed by atoms with van der Waals surface area (Å²) in [4.78, 5) is 0. The Balaban J connectivity index is 2.74. The third kappa shape index (κ3) is 3.90. The molecule has 108 valence electrons. The number of aliphatic hydroxyl groups excluding tert-OH is 2. The van der Waals surface area contributed by atoms with Gasteiger partial charge in [-0.2, -0.15) is 0 Å². The van der Waals surface area contributed by atoms with E-state index >= 15 is 0 Å². The minimum Gasteiger partial charge on any atom is -0.394 e. The lowest BCUT2D eigenvalue weighted by atomic mass is 9.96. The van der Waals surface area contributed by atoms with Gasteiger partial charge in [-0.3, -0.25) is 0 Å². The van der Waals surface area contributed by atoms with E-state index in [1.54, 1.807) is 13.8 Å². The van der Waals surface area contributed by atoms with E-state index in [9.17, 15) is 10.2 Å².